The highest BCUT2D eigenvalue weighted by molar-refractivity contribution is 9.10. The summed E-state index contributed by atoms with van der Waals surface area (Å²) >= 11 is 5.24. The molecule has 2 heterocycles. The van der Waals surface area contributed by atoms with E-state index in [1.54, 1.807) is 11.3 Å². The van der Waals surface area contributed by atoms with Gasteiger partial charge in [-0.1, -0.05) is 13.8 Å². The number of nitrogens with one attached hydrogen (secondary N) is 1. The van der Waals surface area contributed by atoms with Crippen LogP contribution in [0.2, 0.25) is 0 Å². The number of halogens is 1. The van der Waals surface area contributed by atoms with E-state index < -0.39 is 0 Å². The maximum absolute atomic E-state index is 4.22. The normalized spacial score (nSPS) is 11.3. The van der Waals surface area contributed by atoms with Crippen molar-refractivity contribution in [2.24, 2.45) is 0 Å². The molecule has 0 aromatic carbocycles. The Kier molecular flexibility index (Phi) is 4.36. The minimum Gasteiger partial charge on any atom is -0.328 e. The highest BCUT2D eigenvalue weighted by atomic mass is 79.9. The van der Waals surface area contributed by atoms with Crippen molar-refractivity contribution >= 4 is 27.3 Å². The molecular formula is C12H16BrN3S. The lowest BCUT2D eigenvalue weighted by atomic mass is 10.3. The zero-order valence-electron chi connectivity index (χ0n) is 9.98. The van der Waals surface area contributed by atoms with E-state index in [1.807, 2.05) is 12.5 Å². The lowest BCUT2D eigenvalue weighted by molar-refractivity contribution is 0.565. The fraction of sp³-hybridized carbons (Fsp3) is 0.417. The summed E-state index contributed by atoms with van der Waals surface area (Å²) in [5, 5.41) is 5.52. The van der Waals surface area contributed by atoms with E-state index in [0.717, 1.165) is 17.6 Å². The van der Waals surface area contributed by atoms with Crippen LogP contribution in [0.5, 0.6) is 0 Å². The average molecular weight is 314 g/mol. The number of hydrogen-bond acceptors (Lipinski definition) is 3. The molecule has 0 aliphatic rings. The zero-order valence-corrected chi connectivity index (χ0v) is 12.4. The highest BCUT2D eigenvalue weighted by Gasteiger charge is 2.05. The number of rotatable bonds is 5. The largest absolute Gasteiger partial charge is 0.328 e. The Hall–Kier alpha value is -0.650. The molecule has 5 heteroatoms. The van der Waals surface area contributed by atoms with Gasteiger partial charge in [0.25, 0.3) is 0 Å². The molecule has 0 radical (unpaired) electrons. The molecule has 92 valence electrons. The molecule has 0 bridgehead atoms. The maximum Gasteiger partial charge on any atom is 0.0952 e. The Morgan fingerprint density at radius 3 is 3.00 bits per heavy atom. The first kappa shape index (κ1) is 12.8. The van der Waals surface area contributed by atoms with Crippen LogP contribution in [0.1, 0.15) is 24.4 Å². The second kappa shape index (κ2) is 5.80. The van der Waals surface area contributed by atoms with E-state index in [0.29, 0.717) is 6.04 Å². The van der Waals surface area contributed by atoms with Gasteiger partial charge in [0.2, 0.25) is 0 Å². The van der Waals surface area contributed by atoms with Crippen LogP contribution in [0.15, 0.2) is 28.4 Å². The highest BCUT2D eigenvalue weighted by Crippen LogP contribution is 2.21. The van der Waals surface area contributed by atoms with Crippen molar-refractivity contribution in [3.63, 3.8) is 0 Å². The van der Waals surface area contributed by atoms with Gasteiger partial charge in [0.1, 0.15) is 0 Å². The van der Waals surface area contributed by atoms with Crippen LogP contribution in [-0.2, 0) is 13.1 Å². The summed E-state index contributed by atoms with van der Waals surface area (Å²) in [6.45, 7) is 6.06. The van der Waals surface area contributed by atoms with Crippen LogP contribution in [0, 0.1) is 0 Å². The molecule has 0 spiro atoms. The van der Waals surface area contributed by atoms with Gasteiger partial charge < -0.3 is 9.88 Å². The molecule has 2 rings (SSSR count). The number of nitrogens with zero attached hydrogens (tertiary/aromatic N) is 2. The van der Waals surface area contributed by atoms with E-state index >= 15 is 0 Å². The van der Waals surface area contributed by atoms with Crippen LogP contribution in [0.3, 0.4) is 0 Å². The quantitative estimate of drug-likeness (QED) is 0.918. The first-order chi connectivity index (χ1) is 8.15. The molecule has 0 amide bonds. The fourth-order valence-electron chi connectivity index (χ4n) is 1.55. The standard InChI is InChI=1S/C12H16BrN3S/c1-9(2)15-5-11-4-14-8-16(11)6-12-3-10(13)7-17-12/h3-4,7-9,15H,5-6H2,1-2H3. The van der Waals surface area contributed by atoms with Crippen molar-refractivity contribution in [1.29, 1.82) is 0 Å². The van der Waals surface area contributed by atoms with Crippen molar-refractivity contribution in [2.45, 2.75) is 33.0 Å². The second-order valence-corrected chi connectivity index (χ2v) is 6.19. The summed E-state index contributed by atoms with van der Waals surface area (Å²) in [5.74, 6) is 0. The minimum atomic E-state index is 0.495. The van der Waals surface area contributed by atoms with Gasteiger partial charge in [-0.25, -0.2) is 4.98 Å². The lowest BCUT2D eigenvalue weighted by Crippen LogP contribution is -2.23. The number of thiophene rings is 1. The predicted molar refractivity (Wildman–Crippen MR) is 75.3 cm³/mol. The molecular weight excluding hydrogens is 298 g/mol. The Morgan fingerprint density at radius 1 is 1.53 bits per heavy atom. The van der Waals surface area contributed by atoms with Crippen molar-refractivity contribution < 1.29 is 0 Å². The second-order valence-electron chi connectivity index (χ2n) is 4.28. The summed E-state index contributed by atoms with van der Waals surface area (Å²) in [6.07, 6.45) is 3.82. The van der Waals surface area contributed by atoms with Crippen molar-refractivity contribution in [1.82, 2.24) is 14.9 Å². The van der Waals surface area contributed by atoms with Crippen LogP contribution in [0.25, 0.3) is 0 Å². The number of aromatic nitrogens is 2. The molecule has 0 aliphatic carbocycles. The zero-order chi connectivity index (χ0) is 12.3. The Morgan fingerprint density at radius 2 is 2.35 bits per heavy atom. The summed E-state index contributed by atoms with van der Waals surface area (Å²) in [5.41, 5.74) is 1.23. The SMILES string of the molecule is CC(C)NCc1cncn1Cc1cc(Br)cs1. The van der Waals surface area contributed by atoms with Crippen molar-refractivity contribution in [2.75, 3.05) is 0 Å². The number of imidazole rings is 1. The van der Waals surface area contributed by atoms with Crippen LogP contribution in [0.4, 0.5) is 0 Å². The fourth-order valence-corrected chi connectivity index (χ4v) is 3.00. The van der Waals surface area contributed by atoms with E-state index in [9.17, 15) is 0 Å². The smallest absolute Gasteiger partial charge is 0.0952 e. The van der Waals surface area contributed by atoms with Gasteiger partial charge in [-0.3, -0.25) is 0 Å². The van der Waals surface area contributed by atoms with Gasteiger partial charge in [-0.2, -0.15) is 0 Å². The van der Waals surface area contributed by atoms with Crippen LogP contribution in [-0.4, -0.2) is 15.6 Å². The summed E-state index contributed by atoms with van der Waals surface area (Å²) in [4.78, 5) is 5.55. The summed E-state index contributed by atoms with van der Waals surface area (Å²) in [6, 6.07) is 2.65. The predicted octanol–water partition coefficient (Wildman–Crippen LogP) is 3.25. The van der Waals surface area contributed by atoms with Crippen LogP contribution >= 0.6 is 27.3 Å². The number of hydrogen-bond donors (Lipinski definition) is 1. The monoisotopic (exact) mass is 313 g/mol. The molecule has 0 saturated carbocycles. The molecule has 0 saturated heterocycles. The molecule has 2 aromatic heterocycles. The van der Waals surface area contributed by atoms with Crippen molar-refractivity contribution in [3.8, 4) is 0 Å². The lowest BCUT2D eigenvalue weighted by Gasteiger charge is -2.10. The first-order valence-electron chi connectivity index (χ1n) is 5.60. The molecule has 0 aliphatic heterocycles. The Balaban J connectivity index is 2.03. The molecule has 0 unspecified atom stereocenters. The molecule has 17 heavy (non-hydrogen) atoms. The van der Waals surface area contributed by atoms with E-state index in [1.165, 1.54) is 10.6 Å². The van der Waals surface area contributed by atoms with Crippen molar-refractivity contribution in [3.05, 3.63) is 39.0 Å². The summed E-state index contributed by atoms with van der Waals surface area (Å²) < 4.78 is 3.34. The molecule has 0 fully saturated rings. The van der Waals surface area contributed by atoms with Gasteiger partial charge in [0, 0.05) is 33.5 Å². The first-order valence-corrected chi connectivity index (χ1v) is 7.27. The van der Waals surface area contributed by atoms with E-state index in [2.05, 4.69) is 56.1 Å². The third-order valence-electron chi connectivity index (χ3n) is 2.44. The molecule has 3 nitrogen and oxygen atoms in total. The van der Waals surface area contributed by atoms with Gasteiger partial charge in [0.15, 0.2) is 0 Å². The van der Waals surface area contributed by atoms with Gasteiger partial charge in [0.05, 0.1) is 18.6 Å². The Bertz CT molecular complexity index is 476. The van der Waals surface area contributed by atoms with Crippen LogP contribution < -0.4 is 5.32 Å². The third-order valence-corrected chi connectivity index (χ3v) is 4.12. The molecule has 2 aromatic rings. The minimum absolute atomic E-state index is 0.495. The molecule has 1 N–H and O–H groups in total. The van der Waals surface area contributed by atoms with Gasteiger partial charge in [-0.15, -0.1) is 11.3 Å². The average Bonchev–Trinajstić information content (AvgIpc) is 2.86. The third kappa shape index (κ3) is 3.66. The van der Waals surface area contributed by atoms with Gasteiger partial charge >= 0.3 is 0 Å². The van der Waals surface area contributed by atoms with E-state index in [4.69, 9.17) is 0 Å². The Labute approximate surface area is 114 Å². The topological polar surface area (TPSA) is 29.9 Å². The molecule has 0 atom stereocenters. The maximum atomic E-state index is 4.22. The summed E-state index contributed by atoms with van der Waals surface area (Å²) in [7, 11) is 0. The van der Waals surface area contributed by atoms with Gasteiger partial charge in [-0.05, 0) is 22.0 Å². The van der Waals surface area contributed by atoms with E-state index in [-0.39, 0.29) is 0 Å².